The monoisotopic (exact) mass is 329 g/mol. The lowest BCUT2D eigenvalue weighted by Crippen LogP contribution is -2.28. The van der Waals surface area contributed by atoms with Crippen molar-refractivity contribution in [3.8, 4) is 11.5 Å². The number of likely N-dealkylation sites (N-methyl/N-ethyl adjacent to an activating group) is 1. The zero-order valence-electron chi connectivity index (χ0n) is 13.4. The number of nitrogens with zero attached hydrogens (tertiary/aromatic N) is 3. The van der Waals surface area contributed by atoms with Crippen LogP contribution in [-0.4, -0.2) is 60.8 Å². The molecule has 0 spiro atoms. The molecule has 0 bridgehead atoms. The molecule has 2 heterocycles. The van der Waals surface area contributed by atoms with Gasteiger partial charge in [-0.25, -0.2) is 9.97 Å². The largest absolute Gasteiger partial charge is 0.491 e. The summed E-state index contributed by atoms with van der Waals surface area (Å²) in [4.78, 5) is 31.0. The topological polar surface area (TPSA) is 81.6 Å². The molecule has 24 heavy (non-hydrogen) atoms. The molecule has 0 aliphatic rings. The van der Waals surface area contributed by atoms with Crippen LogP contribution in [0.5, 0.6) is 11.5 Å². The molecule has 2 rings (SSSR count). The fourth-order valence-corrected chi connectivity index (χ4v) is 1.84. The Morgan fingerprint density at radius 2 is 1.33 bits per heavy atom. The van der Waals surface area contributed by atoms with Crippen LogP contribution in [0.25, 0.3) is 0 Å². The molecule has 2 aromatic heterocycles. The molecule has 0 fully saturated rings. The predicted molar refractivity (Wildman–Crippen MR) is 87.7 cm³/mol. The first-order valence-corrected chi connectivity index (χ1v) is 7.48. The molecule has 126 valence electrons. The Hall–Kier alpha value is -2.80. The molecule has 0 radical (unpaired) electrons. The van der Waals surface area contributed by atoms with E-state index in [0.29, 0.717) is 48.7 Å². The molecule has 7 heteroatoms. The lowest BCUT2D eigenvalue weighted by molar-refractivity contribution is 0.111. The van der Waals surface area contributed by atoms with Gasteiger partial charge in [-0.1, -0.05) is 0 Å². The number of rotatable bonds is 10. The summed E-state index contributed by atoms with van der Waals surface area (Å²) < 4.78 is 11.1. The summed E-state index contributed by atoms with van der Waals surface area (Å²) in [6.07, 6.45) is 4.45. The van der Waals surface area contributed by atoms with E-state index in [2.05, 4.69) is 14.9 Å². The van der Waals surface area contributed by atoms with E-state index in [1.807, 2.05) is 7.05 Å². The van der Waals surface area contributed by atoms with Crippen LogP contribution >= 0.6 is 0 Å². The molecule has 0 aliphatic heterocycles. The van der Waals surface area contributed by atoms with Crippen molar-refractivity contribution in [3.63, 3.8) is 0 Å². The summed E-state index contributed by atoms with van der Waals surface area (Å²) in [5.74, 6) is 1.26. The Kier molecular flexibility index (Phi) is 6.85. The van der Waals surface area contributed by atoms with Crippen LogP contribution in [0.1, 0.15) is 21.0 Å². The maximum absolute atomic E-state index is 10.5. The average molecular weight is 329 g/mol. The molecule has 0 aliphatic carbocycles. The molecule has 2 aromatic rings. The van der Waals surface area contributed by atoms with E-state index < -0.39 is 0 Å². The maximum Gasteiger partial charge on any atom is 0.168 e. The summed E-state index contributed by atoms with van der Waals surface area (Å²) in [5.41, 5.74) is 0.763. The second-order valence-electron chi connectivity index (χ2n) is 5.07. The van der Waals surface area contributed by atoms with Gasteiger partial charge in [-0.2, -0.15) is 0 Å². The van der Waals surface area contributed by atoms with E-state index in [9.17, 15) is 9.59 Å². The number of aldehydes is 2. The highest BCUT2D eigenvalue weighted by Crippen LogP contribution is 2.09. The Labute approximate surface area is 140 Å². The van der Waals surface area contributed by atoms with Crippen LogP contribution in [0.3, 0.4) is 0 Å². The highest BCUT2D eigenvalue weighted by molar-refractivity contribution is 5.71. The predicted octanol–water partition coefficient (Wildman–Crippen LogP) is 1.49. The number of aromatic nitrogens is 2. The summed E-state index contributed by atoms with van der Waals surface area (Å²) in [6, 6.07) is 6.67. The molecule has 0 saturated heterocycles. The first-order chi connectivity index (χ1) is 11.7. The van der Waals surface area contributed by atoms with Crippen molar-refractivity contribution in [2.75, 3.05) is 33.4 Å². The second kappa shape index (κ2) is 9.36. The molecule has 0 aromatic carbocycles. The van der Waals surface area contributed by atoms with E-state index >= 15 is 0 Å². The van der Waals surface area contributed by atoms with Crippen LogP contribution in [0.2, 0.25) is 0 Å². The van der Waals surface area contributed by atoms with Crippen molar-refractivity contribution >= 4 is 12.6 Å². The fraction of sp³-hybridized carbons (Fsp3) is 0.294. The maximum atomic E-state index is 10.5. The molecule has 0 unspecified atom stereocenters. The number of carbonyl (C=O) groups excluding carboxylic acids is 2. The van der Waals surface area contributed by atoms with Crippen molar-refractivity contribution < 1.29 is 19.1 Å². The third-order valence-corrected chi connectivity index (χ3v) is 3.24. The minimum atomic E-state index is 0.382. The van der Waals surface area contributed by atoms with Gasteiger partial charge < -0.3 is 9.47 Å². The summed E-state index contributed by atoms with van der Waals surface area (Å²) in [7, 11) is 1.97. The number of carbonyl (C=O) groups is 2. The first-order valence-electron chi connectivity index (χ1n) is 7.48. The van der Waals surface area contributed by atoms with Gasteiger partial charge in [0.2, 0.25) is 0 Å². The molecule has 0 N–H and O–H groups in total. The highest BCUT2D eigenvalue weighted by Gasteiger charge is 2.02. The number of hydrogen-bond acceptors (Lipinski definition) is 7. The third kappa shape index (κ3) is 5.77. The van der Waals surface area contributed by atoms with Crippen molar-refractivity contribution in [2.45, 2.75) is 0 Å². The highest BCUT2D eigenvalue weighted by atomic mass is 16.5. The van der Waals surface area contributed by atoms with Gasteiger partial charge >= 0.3 is 0 Å². The van der Waals surface area contributed by atoms with Gasteiger partial charge in [-0.05, 0) is 31.3 Å². The average Bonchev–Trinajstić information content (AvgIpc) is 2.63. The smallest absolute Gasteiger partial charge is 0.168 e. The zero-order valence-corrected chi connectivity index (χ0v) is 13.4. The number of hydrogen-bond donors (Lipinski definition) is 0. The molecule has 0 atom stereocenters. The van der Waals surface area contributed by atoms with Crippen LogP contribution in [0.4, 0.5) is 0 Å². The normalized spacial score (nSPS) is 10.4. The minimum absolute atomic E-state index is 0.382. The first kappa shape index (κ1) is 17.6. The molecule has 0 saturated carbocycles. The van der Waals surface area contributed by atoms with E-state index in [0.717, 1.165) is 13.1 Å². The van der Waals surface area contributed by atoms with Gasteiger partial charge in [0.25, 0.3) is 0 Å². The van der Waals surface area contributed by atoms with Gasteiger partial charge in [0, 0.05) is 13.1 Å². The Morgan fingerprint density at radius 3 is 1.67 bits per heavy atom. The van der Waals surface area contributed by atoms with Gasteiger partial charge in [0.15, 0.2) is 12.6 Å². The van der Waals surface area contributed by atoms with E-state index in [-0.39, 0.29) is 0 Å². The van der Waals surface area contributed by atoms with E-state index in [1.54, 1.807) is 24.3 Å². The van der Waals surface area contributed by atoms with Gasteiger partial charge in [-0.3, -0.25) is 14.5 Å². The minimum Gasteiger partial charge on any atom is -0.491 e. The lowest BCUT2D eigenvalue weighted by Gasteiger charge is -2.17. The van der Waals surface area contributed by atoms with Crippen LogP contribution in [-0.2, 0) is 0 Å². The van der Waals surface area contributed by atoms with Crippen LogP contribution in [0, 0.1) is 0 Å². The SMILES string of the molecule is CN(CCOc1ccc(C=O)nc1)CCOc1ccc(C=O)nc1. The Balaban J connectivity index is 1.62. The lowest BCUT2D eigenvalue weighted by atomic mass is 10.3. The zero-order chi connectivity index (χ0) is 17.2. The van der Waals surface area contributed by atoms with Gasteiger partial charge in [0.1, 0.15) is 36.1 Å². The molecule has 0 amide bonds. The van der Waals surface area contributed by atoms with Crippen molar-refractivity contribution in [3.05, 3.63) is 48.0 Å². The fourth-order valence-electron chi connectivity index (χ4n) is 1.84. The van der Waals surface area contributed by atoms with E-state index in [4.69, 9.17) is 9.47 Å². The molecular formula is C17H19N3O4. The summed E-state index contributed by atoms with van der Waals surface area (Å²) >= 11 is 0. The van der Waals surface area contributed by atoms with Crippen molar-refractivity contribution in [2.24, 2.45) is 0 Å². The molecular weight excluding hydrogens is 310 g/mol. The quantitative estimate of drug-likeness (QED) is 0.611. The van der Waals surface area contributed by atoms with Crippen LogP contribution < -0.4 is 9.47 Å². The van der Waals surface area contributed by atoms with Crippen LogP contribution in [0.15, 0.2) is 36.7 Å². The number of ether oxygens (including phenoxy) is 2. The summed E-state index contributed by atoms with van der Waals surface area (Å²) in [6.45, 7) is 2.46. The number of pyridine rings is 2. The standard InChI is InChI=1S/C17H19N3O4/c1-20(6-8-23-16-4-2-14(12-21)18-10-16)7-9-24-17-5-3-15(13-22)19-11-17/h2-5,10-13H,6-9H2,1H3. The molecule has 7 nitrogen and oxygen atoms in total. The van der Waals surface area contributed by atoms with Gasteiger partial charge in [0.05, 0.1) is 12.4 Å². The summed E-state index contributed by atoms with van der Waals surface area (Å²) in [5, 5.41) is 0. The van der Waals surface area contributed by atoms with E-state index in [1.165, 1.54) is 12.4 Å². The van der Waals surface area contributed by atoms with Gasteiger partial charge in [-0.15, -0.1) is 0 Å². The third-order valence-electron chi connectivity index (χ3n) is 3.24. The second-order valence-corrected chi connectivity index (χ2v) is 5.07. The van der Waals surface area contributed by atoms with Crippen molar-refractivity contribution in [1.82, 2.24) is 14.9 Å². The Morgan fingerprint density at radius 1 is 0.875 bits per heavy atom. The van der Waals surface area contributed by atoms with Crippen molar-refractivity contribution in [1.29, 1.82) is 0 Å². The Bertz CT molecular complexity index is 586.